The Balaban J connectivity index is 4.00. The molecular formula is C61H123NO8P+. The van der Waals surface area contributed by atoms with Crippen LogP contribution < -0.4 is 0 Å². The molecule has 0 bridgehead atoms. The van der Waals surface area contributed by atoms with Gasteiger partial charge in [0.15, 0.2) is 6.10 Å². The minimum absolute atomic E-state index is 0.0375. The first-order valence-corrected chi connectivity index (χ1v) is 32.8. The van der Waals surface area contributed by atoms with Crippen molar-refractivity contribution in [2.24, 2.45) is 0 Å². The highest BCUT2D eigenvalue weighted by Crippen LogP contribution is 2.43. The predicted octanol–water partition coefficient (Wildman–Crippen LogP) is 19.4. The molecule has 0 aromatic carbocycles. The number of rotatable bonds is 59. The van der Waals surface area contributed by atoms with Crippen molar-refractivity contribution in [1.82, 2.24) is 0 Å². The van der Waals surface area contributed by atoms with Gasteiger partial charge >= 0.3 is 19.8 Å². The van der Waals surface area contributed by atoms with E-state index in [1.54, 1.807) is 0 Å². The summed E-state index contributed by atoms with van der Waals surface area (Å²) in [6.07, 6.45) is 61.9. The maximum absolute atomic E-state index is 12.8. The Morgan fingerprint density at radius 1 is 0.380 bits per heavy atom. The van der Waals surface area contributed by atoms with Gasteiger partial charge in [-0.1, -0.05) is 303 Å². The topological polar surface area (TPSA) is 108 Å². The molecule has 0 aliphatic carbocycles. The van der Waals surface area contributed by atoms with Crippen LogP contribution in [0.2, 0.25) is 0 Å². The number of quaternary nitrogens is 1. The van der Waals surface area contributed by atoms with Crippen molar-refractivity contribution in [3.8, 4) is 0 Å². The lowest BCUT2D eigenvalue weighted by molar-refractivity contribution is -0.870. The molecule has 424 valence electrons. The number of nitrogens with zero attached hydrogens (tertiary/aromatic N) is 1. The Morgan fingerprint density at radius 2 is 0.634 bits per heavy atom. The second-order valence-corrected chi connectivity index (χ2v) is 24.3. The van der Waals surface area contributed by atoms with Gasteiger partial charge in [0, 0.05) is 12.8 Å². The van der Waals surface area contributed by atoms with E-state index in [1.807, 2.05) is 21.1 Å². The van der Waals surface area contributed by atoms with Gasteiger partial charge in [0.1, 0.15) is 19.8 Å². The van der Waals surface area contributed by atoms with E-state index in [0.29, 0.717) is 17.4 Å². The average Bonchev–Trinajstić information content (AvgIpc) is 3.33. The third-order valence-corrected chi connectivity index (χ3v) is 15.4. The molecule has 2 unspecified atom stereocenters. The summed E-state index contributed by atoms with van der Waals surface area (Å²) in [4.78, 5) is 35.7. The Labute approximate surface area is 442 Å². The summed E-state index contributed by atoms with van der Waals surface area (Å²) < 4.78 is 34.6. The third kappa shape index (κ3) is 58.1. The fourth-order valence-electron chi connectivity index (χ4n) is 9.55. The van der Waals surface area contributed by atoms with Crippen LogP contribution >= 0.6 is 7.82 Å². The van der Waals surface area contributed by atoms with Crippen LogP contribution in [-0.4, -0.2) is 74.9 Å². The van der Waals surface area contributed by atoms with Gasteiger partial charge in [-0.25, -0.2) is 4.57 Å². The molecule has 71 heavy (non-hydrogen) atoms. The first-order valence-electron chi connectivity index (χ1n) is 31.3. The van der Waals surface area contributed by atoms with Crippen molar-refractivity contribution in [2.75, 3.05) is 47.5 Å². The summed E-state index contributed by atoms with van der Waals surface area (Å²) in [7, 11) is 1.50. The maximum atomic E-state index is 12.8. The molecule has 0 aromatic heterocycles. The first kappa shape index (κ1) is 70.0. The molecule has 0 amide bonds. The molecular weight excluding hydrogens is 906 g/mol. The van der Waals surface area contributed by atoms with Crippen molar-refractivity contribution in [3.63, 3.8) is 0 Å². The lowest BCUT2D eigenvalue weighted by atomic mass is 10.0. The van der Waals surface area contributed by atoms with E-state index < -0.39 is 26.5 Å². The Bertz CT molecular complexity index is 1160. The molecule has 9 nitrogen and oxygen atoms in total. The third-order valence-electron chi connectivity index (χ3n) is 14.4. The summed E-state index contributed by atoms with van der Waals surface area (Å²) in [5.74, 6) is -0.772. The molecule has 2 atom stereocenters. The Hall–Kier alpha value is -0.990. The maximum Gasteiger partial charge on any atom is 0.472 e. The van der Waals surface area contributed by atoms with Gasteiger partial charge in [-0.2, -0.15) is 0 Å². The van der Waals surface area contributed by atoms with Crippen LogP contribution in [0, 0.1) is 0 Å². The Kier molecular flexibility index (Phi) is 53.1. The van der Waals surface area contributed by atoms with Crippen molar-refractivity contribution in [1.29, 1.82) is 0 Å². The van der Waals surface area contributed by atoms with Gasteiger partial charge in [-0.3, -0.25) is 18.6 Å². The zero-order chi connectivity index (χ0) is 52.0. The second-order valence-electron chi connectivity index (χ2n) is 22.8. The number of carbonyl (C=O) groups is 2. The highest BCUT2D eigenvalue weighted by molar-refractivity contribution is 7.47. The minimum atomic E-state index is -4.38. The zero-order valence-corrected chi connectivity index (χ0v) is 49.1. The summed E-state index contributed by atoms with van der Waals surface area (Å²) in [5, 5.41) is 0. The second kappa shape index (κ2) is 53.8. The van der Waals surface area contributed by atoms with E-state index in [1.165, 1.54) is 263 Å². The molecule has 0 fully saturated rings. The van der Waals surface area contributed by atoms with Gasteiger partial charge in [0.2, 0.25) is 0 Å². The lowest BCUT2D eigenvalue weighted by Gasteiger charge is -2.24. The molecule has 1 N–H and O–H groups in total. The zero-order valence-electron chi connectivity index (χ0n) is 48.3. The van der Waals surface area contributed by atoms with Crippen LogP contribution in [-0.2, 0) is 32.7 Å². The molecule has 0 heterocycles. The number of carbonyl (C=O) groups excluding carboxylic acids is 2. The van der Waals surface area contributed by atoms with Gasteiger partial charge < -0.3 is 18.9 Å². The van der Waals surface area contributed by atoms with E-state index in [0.717, 1.165) is 38.5 Å². The van der Waals surface area contributed by atoms with Crippen molar-refractivity contribution < 1.29 is 42.1 Å². The van der Waals surface area contributed by atoms with Crippen LogP contribution in [0.3, 0.4) is 0 Å². The molecule has 0 aliphatic heterocycles. The van der Waals surface area contributed by atoms with Crippen molar-refractivity contribution in [2.45, 2.75) is 335 Å². The number of hydrogen-bond acceptors (Lipinski definition) is 7. The van der Waals surface area contributed by atoms with Gasteiger partial charge in [-0.15, -0.1) is 0 Å². The molecule has 0 spiro atoms. The van der Waals surface area contributed by atoms with Crippen LogP contribution in [0.5, 0.6) is 0 Å². The first-order chi connectivity index (χ1) is 34.5. The average molecular weight is 1030 g/mol. The molecule has 0 radical (unpaired) electrons. The SMILES string of the molecule is CCCCCCCCCCCCCCCCCCCCCCCCCCCCCCCCC(=O)OC(COC(=O)CCCCCCCCCCCCCCCCCCC)COP(=O)(O)OCC[N+](C)(C)C. The summed E-state index contributed by atoms with van der Waals surface area (Å²) >= 11 is 0. The van der Waals surface area contributed by atoms with Gasteiger partial charge in [0.05, 0.1) is 27.7 Å². The normalized spacial score (nSPS) is 13.2. The molecule has 0 aliphatic rings. The minimum Gasteiger partial charge on any atom is -0.462 e. The quantitative estimate of drug-likeness (QED) is 0.0278. The fraction of sp³-hybridized carbons (Fsp3) is 0.967. The van der Waals surface area contributed by atoms with Crippen LogP contribution in [0.25, 0.3) is 0 Å². The largest absolute Gasteiger partial charge is 0.472 e. The number of likely N-dealkylation sites (N-methyl/N-ethyl adjacent to an activating group) is 1. The molecule has 10 heteroatoms. The molecule has 0 saturated heterocycles. The van der Waals surface area contributed by atoms with E-state index in [4.69, 9.17) is 18.5 Å². The Morgan fingerprint density at radius 3 is 0.901 bits per heavy atom. The lowest BCUT2D eigenvalue weighted by Crippen LogP contribution is -2.37. The molecule has 0 saturated carbocycles. The summed E-state index contributed by atoms with van der Waals surface area (Å²) in [5.41, 5.74) is 0. The van der Waals surface area contributed by atoms with Gasteiger partial charge in [0.25, 0.3) is 0 Å². The van der Waals surface area contributed by atoms with E-state index in [-0.39, 0.29) is 25.6 Å². The van der Waals surface area contributed by atoms with Gasteiger partial charge in [-0.05, 0) is 12.8 Å². The van der Waals surface area contributed by atoms with E-state index in [9.17, 15) is 19.0 Å². The van der Waals surface area contributed by atoms with E-state index in [2.05, 4.69) is 13.8 Å². The predicted molar refractivity (Wildman–Crippen MR) is 303 cm³/mol. The fourth-order valence-corrected chi connectivity index (χ4v) is 10.3. The van der Waals surface area contributed by atoms with Crippen LogP contribution in [0.4, 0.5) is 0 Å². The highest BCUT2D eigenvalue weighted by Gasteiger charge is 2.27. The monoisotopic (exact) mass is 1030 g/mol. The molecule has 0 rings (SSSR count). The number of ether oxygens (including phenoxy) is 2. The van der Waals surface area contributed by atoms with E-state index >= 15 is 0 Å². The number of esters is 2. The van der Waals surface area contributed by atoms with Crippen LogP contribution in [0.15, 0.2) is 0 Å². The summed E-state index contributed by atoms with van der Waals surface area (Å²) in [6, 6.07) is 0. The van der Waals surface area contributed by atoms with Crippen LogP contribution in [0.1, 0.15) is 328 Å². The highest BCUT2D eigenvalue weighted by atomic mass is 31.2. The molecule has 0 aromatic rings. The smallest absolute Gasteiger partial charge is 0.462 e. The number of unbranched alkanes of at least 4 members (excludes halogenated alkanes) is 45. The summed E-state index contributed by atoms with van der Waals surface area (Å²) in [6.45, 7) is 4.51. The van der Waals surface area contributed by atoms with Crippen molar-refractivity contribution in [3.05, 3.63) is 0 Å². The standard InChI is InChI=1S/C61H122NO8P/c1-6-8-10-12-14-16-18-20-22-24-25-26-27-28-29-30-31-32-33-34-35-36-38-40-42-44-46-48-50-52-54-61(64)70-59(58-69-71(65,66)68-56-55-62(3,4)5)57-67-60(63)53-51-49-47-45-43-41-39-37-23-21-19-17-15-13-11-9-7-2/h59H,6-58H2,1-5H3/p+1. The van der Waals surface area contributed by atoms with Crippen molar-refractivity contribution >= 4 is 19.8 Å². The number of phosphoric acid groups is 1. The number of phosphoric ester groups is 1. The number of hydrogen-bond donors (Lipinski definition) is 1.